The summed E-state index contributed by atoms with van der Waals surface area (Å²) in [4.78, 5) is 38.9. The zero-order valence-electron chi connectivity index (χ0n) is 16.8. The predicted molar refractivity (Wildman–Crippen MR) is 117 cm³/mol. The Morgan fingerprint density at radius 2 is 1.86 bits per heavy atom. The summed E-state index contributed by atoms with van der Waals surface area (Å²) >= 11 is 2.13. The Kier molecular flexibility index (Phi) is 6.81. The second kappa shape index (κ2) is 9.15. The molecule has 0 radical (unpaired) electrons. The molecule has 1 aromatic carbocycles. The maximum absolute atomic E-state index is 13.0. The highest BCUT2D eigenvalue weighted by molar-refractivity contribution is 14.1. The second-order valence-electron chi connectivity index (χ2n) is 7.48. The van der Waals surface area contributed by atoms with Crippen LogP contribution in [0.15, 0.2) is 17.7 Å². The van der Waals surface area contributed by atoms with Gasteiger partial charge in [0, 0.05) is 6.04 Å². The average Bonchev–Trinajstić information content (AvgIpc) is 2.67. The van der Waals surface area contributed by atoms with Crippen LogP contribution in [0.25, 0.3) is 6.08 Å². The normalized spacial score (nSPS) is 19.7. The molecule has 1 aliphatic heterocycles. The predicted octanol–water partition coefficient (Wildman–Crippen LogP) is 3.88. The zero-order valence-corrected chi connectivity index (χ0v) is 18.9. The minimum Gasteiger partial charge on any atom is -0.493 e. The van der Waals surface area contributed by atoms with E-state index < -0.39 is 17.8 Å². The number of barbiturate groups is 1. The number of nitrogens with one attached hydrogen (secondary N) is 1. The topological polar surface area (TPSA) is 84.9 Å². The molecule has 0 aromatic heterocycles. The van der Waals surface area contributed by atoms with Gasteiger partial charge in [-0.15, -0.1) is 0 Å². The minimum absolute atomic E-state index is 0.0256. The molecule has 4 amide bonds. The number of methoxy groups -OCH3 is 1. The third-order valence-electron chi connectivity index (χ3n) is 4.99. The first-order valence-corrected chi connectivity index (χ1v) is 10.8. The van der Waals surface area contributed by atoms with Crippen LogP contribution >= 0.6 is 22.6 Å². The summed E-state index contributed by atoms with van der Waals surface area (Å²) in [6, 6.07) is 2.74. The molecule has 8 heteroatoms. The molecule has 2 aliphatic rings. The number of hydrogen-bond donors (Lipinski definition) is 1. The Bertz CT molecular complexity index is 859. The summed E-state index contributed by atoms with van der Waals surface area (Å²) in [5.41, 5.74) is 0.573. The summed E-state index contributed by atoms with van der Waals surface area (Å²) in [5.74, 6) is -0.0873. The number of benzene rings is 1. The molecule has 29 heavy (non-hydrogen) atoms. The molecule has 0 atom stereocenters. The van der Waals surface area contributed by atoms with Gasteiger partial charge in [-0.1, -0.05) is 19.3 Å². The van der Waals surface area contributed by atoms with E-state index in [9.17, 15) is 14.4 Å². The minimum atomic E-state index is -0.677. The molecule has 156 valence electrons. The molecule has 1 saturated carbocycles. The number of urea groups is 1. The number of carbonyl (C=O) groups excluding carboxylic acids is 3. The standard InChI is InChI=1S/C21H25IN2O5/c1-12(2)29-18-16(22)10-13(11-17(18)28-3)9-15-19(25)23-21(27)24(20(15)26)14-7-5-4-6-8-14/h9-12,14H,4-8H2,1-3H3,(H,23,25,27). The third-order valence-corrected chi connectivity index (χ3v) is 5.79. The maximum atomic E-state index is 13.0. The van der Waals surface area contributed by atoms with E-state index in [4.69, 9.17) is 9.47 Å². The molecule has 3 rings (SSSR count). The first kappa shape index (κ1) is 21.6. The highest BCUT2D eigenvalue weighted by Crippen LogP contribution is 2.35. The molecule has 1 aliphatic carbocycles. The molecule has 1 saturated heterocycles. The van der Waals surface area contributed by atoms with Gasteiger partial charge in [0.2, 0.25) is 0 Å². The van der Waals surface area contributed by atoms with E-state index in [1.165, 1.54) is 18.1 Å². The van der Waals surface area contributed by atoms with Crippen molar-refractivity contribution in [3.63, 3.8) is 0 Å². The largest absolute Gasteiger partial charge is 0.493 e. The van der Waals surface area contributed by atoms with Crippen molar-refractivity contribution >= 4 is 46.5 Å². The number of hydrogen-bond acceptors (Lipinski definition) is 5. The Morgan fingerprint density at radius 3 is 2.48 bits per heavy atom. The quantitative estimate of drug-likeness (QED) is 0.368. The van der Waals surface area contributed by atoms with Crippen LogP contribution in [0.3, 0.4) is 0 Å². The third kappa shape index (κ3) is 4.73. The molecule has 2 fully saturated rings. The van der Waals surface area contributed by atoms with Gasteiger partial charge < -0.3 is 9.47 Å². The fourth-order valence-electron chi connectivity index (χ4n) is 3.68. The molecular weight excluding hydrogens is 487 g/mol. The second-order valence-corrected chi connectivity index (χ2v) is 8.65. The number of carbonyl (C=O) groups is 3. The molecule has 1 heterocycles. The Balaban J connectivity index is 1.95. The van der Waals surface area contributed by atoms with Crippen molar-refractivity contribution in [2.24, 2.45) is 0 Å². The summed E-state index contributed by atoms with van der Waals surface area (Å²) in [6.07, 6.45) is 6.07. The highest BCUT2D eigenvalue weighted by Gasteiger charge is 2.40. The van der Waals surface area contributed by atoms with Crippen LogP contribution in [0.4, 0.5) is 4.79 Å². The molecule has 0 bridgehead atoms. The molecule has 0 unspecified atom stereocenters. The maximum Gasteiger partial charge on any atom is 0.331 e. The van der Waals surface area contributed by atoms with E-state index in [0.717, 1.165) is 35.7 Å². The first-order chi connectivity index (χ1) is 13.8. The van der Waals surface area contributed by atoms with Gasteiger partial charge in [-0.25, -0.2) is 4.79 Å². The molecule has 1 N–H and O–H groups in total. The monoisotopic (exact) mass is 512 g/mol. The lowest BCUT2D eigenvalue weighted by Crippen LogP contribution is -2.58. The lowest BCUT2D eigenvalue weighted by Gasteiger charge is -2.35. The van der Waals surface area contributed by atoms with Crippen LogP contribution in [-0.2, 0) is 9.59 Å². The van der Waals surface area contributed by atoms with E-state index in [1.807, 2.05) is 19.9 Å². The van der Waals surface area contributed by atoms with Crippen molar-refractivity contribution in [3.05, 3.63) is 26.8 Å². The lowest BCUT2D eigenvalue weighted by molar-refractivity contribution is -0.132. The summed E-state index contributed by atoms with van der Waals surface area (Å²) in [7, 11) is 1.54. The van der Waals surface area contributed by atoms with Crippen molar-refractivity contribution in [2.45, 2.75) is 58.1 Å². The van der Waals surface area contributed by atoms with Crippen LogP contribution in [0.5, 0.6) is 11.5 Å². The summed E-state index contributed by atoms with van der Waals surface area (Å²) in [6.45, 7) is 3.85. The summed E-state index contributed by atoms with van der Waals surface area (Å²) in [5, 5.41) is 2.31. The Labute approximate surface area is 183 Å². The number of halogens is 1. The Hall–Kier alpha value is -2.10. The average molecular weight is 512 g/mol. The highest BCUT2D eigenvalue weighted by atomic mass is 127. The van der Waals surface area contributed by atoms with E-state index in [-0.39, 0.29) is 17.7 Å². The van der Waals surface area contributed by atoms with E-state index in [2.05, 4.69) is 27.9 Å². The number of ether oxygens (including phenoxy) is 2. The van der Waals surface area contributed by atoms with Crippen molar-refractivity contribution in [1.82, 2.24) is 10.2 Å². The number of amides is 4. The van der Waals surface area contributed by atoms with Crippen LogP contribution in [0.2, 0.25) is 0 Å². The SMILES string of the molecule is COc1cc(C=C2C(=O)NC(=O)N(C3CCCCC3)C2=O)cc(I)c1OC(C)C. The molecule has 1 aromatic rings. The number of rotatable bonds is 5. The van der Waals surface area contributed by atoms with Gasteiger partial charge >= 0.3 is 6.03 Å². The lowest BCUT2D eigenvalue weighted by atomic mass is 9.93. The van der Waals surface area contributed by atoms with E-state index in [1.54, 1.807) is 6.07 Å². The fourth-order valence-corrected chi connectivity index (χ4v) is 4.43. The van der Waals surface area contributed by atoms with Crippen molar-refractivity contribution in [2.75, 3.05) is 7.11 Å². The molecule has 7 nitrogen and oxygen atoms in total. The van der Waals surface area contributed by atoms with Crippen LogP contribution in [0.1, 0.15) is 51.5 Å². The van der Waals surface area contributed by atoms with Gasteiger partial charge in [0.15, 0.2) is 11.5 Å². The van der Waals surface area contributed by atoms with Crippen LogP contribution in [0, 0.1) is 3.57 Å². The molecule has 0 spiro atoms. The van der Waals surface area contributed by atoms with Gasteiger partial charge in [0.05, 0.1) is 16.8 Å². The summed E-state index contributed by atoms with van der Waals surface area (Å²) < 4.78 is 12.0. The Morgan fingerprint density at radius 1 is 1.17 bits per heavy atom. The number of imide groups is 2. The van der Waals surface area contributed by atoms with Crippen molar-refractivity contribution < 1.29 is 23.9 Å². The fraction of sp³-hybridized carbons (Fsp3) is 0.476. The van der Waals surface area contributed by atoms with Gasteiger partial charge in [0.1, 0.15) is 5.57 Å². The van der Waals surface area contributed by atoms with Crippen LogP contribution in [-0.4, -0.2) is 42.0 Å². The van der Waals surface area contributed by atoms with Gasteiger partial charge in [-0.05, 0) is 73.1 Å². The van der Waals surface area contributed by atoms with Crippen LogP contribution < -0.4 is 14.8 Å². The van der Waals surface area contributed by atoms with E-state index in [0.29, 0.717) is 17.1 Å². The van der Waals surface area contributed by atoms with Gasteiger partial charge in [-0.3, -0.25) is 19.8 Å². The smallest absolute Gasteiger partial charge is 0.331 e. The number of nitrogens with zero attached hydrogens (tertiary/aromatic N) is 1. The van der Waals surface area contributed by atoms with Crippen molar-refractivity contribution in [3.8, 4) is 11.5 Å². The zero-order chi connectivity index (χ0) is 21.1. The van der Waals surface area contributed by atoms with Gasteiger partial charge in [0.25, 0.3) is 11.8 Å². The first-order valence-electron chi connectivity index (χ1n) is 9.76. The molecular formula is C21H25IN2O5. The van der Waals surface area contributed by atoms with Gasteiger partial charge in [-0.2, -0.15) is 0 Å². The van der Waals surface area contributed by atoms with E-state index >= 15 is 0 Å². The van der Waals surface area contributed by atoms with Crippen molar-refractivity contribution in [1.29, 1.82) is 0 Å².